The fraction of sp³-hybridized carbons (Fsp3) is 0.588. The molecule has 1 aliphatic carbocycles. The molecule has 0 saturated heterocycles. The molecule has 1 fully saturated rings. The molecule has 0 bridgehead atoms. The number of carbonyl (C=O) groups excluding carboxylic acids is 1. The second kappa shape index (κ2) is 6.82. The van der Waals surface area contributed by atoms with Gasteiger partial charge in [0.25, 0.3) is 5.91 Å². The van der Waals surface area contributed by atoms with Crippen molar-refractivity contribution in [2.75, 3.05) is 13.3 Å². The second-order valence-corrected chi connectivity index (χ2v) is 8.37. The highest BCUT2D eigenvalue weighted by atomic mass is 32.2. The normalized spacial score (nSPS) is 18.0. The summed E-state index contributed by atoms with van der Waals surface area (Å²) in [5, 5.41) is 0. The average molecular weight is 323 g/mol. The molecule has 122 valence electrons. The van der Waals surface area contributed by atoms with Crippen LogP contribution in [0.1, 0.15) is 49.4 Å². The van der Waals surface area contributed by atoms with Crippen molar-refractivity contribution in [2.45, 2.75) is 50.0 Å². The minimum atomic E-state index is -3.22. The van der Waals surface area contributed by atoms with Gasteiger partial charge >= 0.3 is 0 Å². The first-order valence-corrected chi connectivity index (χ1v) is 9.77. The van der Waals surface area contributed by atoms with Crippen molar-refractivity contribution < 1.29 is 13.2 Å². The van der Waals surface area contributed by atoms with Crippen LogP contribution in [0.25, 0.3) is 0 Å². The standard InChI is InChI=1S/C17H25NO3S/c1-13(14-7-5-4-6-8-14)18(2)17(19)15-9-11-16(12-10-15)22(3,20)21/h9-14H,4-8H2,1-3H3. The van der Waals surface area contributed by atoms with Crippen LogP contribution >= 0.6 is 0 Å². The molecule has 1 aliphatic rings. The zero-order chi connectivity index (χ0) is 16.3. The Morgan fingerprint density at radius 1 is 1.14 bits per heavy atom. The minimum Gasteiger partial charge on any atom is -0.339 e. The van der Waals surface area contributed by atoms with Crippen LogP contribution in [0.2, 0.25) is 0 Å². The van der Waals surface area contributed by atoms with Gasteiger partial charge in [-0.05, 0) is 49.9 Å². The van der Waals surface area contributed by atoms with Crippen molar-refractivity contribution >= 4 is 15.7 Å². The molecule has 4 nitrogen and oxygen atoms in total. The smallest absolute Gasteiger partial charge is 0.253 e. The van der Waals surface area contributed by atoms with E-state index in [1.165, 1.54) is 50.5 Å². The Morgan fingerprint density at radius 2 is 1.68 bits per heavy atom. The summed E-state index contributed by atoms with van der Waals surface area (Å²) < 4.78 is 22.9. The predicted octanol–water partition coefficient (Wildman–Crippen LogP) is 3.13. The van der Waals surface area contributed by atoms with E-state index >= 15 is 0 Å². The molecule has 1 atom stereocenters. The molecule has 22 heavy (non-hydrogen) atoms. The molecule has 0 N–H and O–H groups in total. The van der Waals surface area contributed by atoms with E-state index in [4.69, 9.17) is 0 Å². The maximum atomic E-state index is 12.6. The van der Waals surface area contributed by atoms with Crippen molar-refractivity contribution in [2.24, 2.45) is 5.92 Å². The largest absolute Gasteiger partial charge is 0.339 e. The molecule has 2 rings (SSSR count). The Labute approximate surface area is 133 Å². The van der Waals surface area contributed by atoms with Gasteiger partial charge in [0.05, 0.1) is 4.90 Å². The van der Waals surface area contributed by atoms with Gasteiger partial charge in [-0.2, -0.15) is 0 Å². The zero-order valence-corrected chi connectivity index (χ0v) is 14.4. The van der Waals surface area contributed by atoms with Gasteiger partial charge in [0.15, 0.2) is 9.84 Å². The summed E-state index contributed by atoms with van der Waals surface area (Å²) in [5.74, 6) is 0.524. The van der Waals surface area contributed by atoms with E-state index in [-0.39, 0.29) is 16.8 Å². The first-order valence-electron chi connectivity index (χ1n) is 7.88. The van der Waals surface area contributed by atoms with Crippen molar-refractivity contribution in [3.63, 3.8) is 0 Å². The quantitative estimate of drug-likeness (QED) is 0.855. The summed E-state index contributed by atoms with van der Waals surface area (Å²) in [5.41, 5.74) is 0.539. The number of nitrogens with zero attached hydrogens (tertiary/aromatic N) is 1. The van der Waals surface area contributed by atoms with Gasteiger partial charge in [0, 0.05) is 24.9 Å². The number of rotatable bonds is 4. The molecule has 0 radical (unpaired) electrons. The van der Waals surface area contributed by atoms with Gasteiger partial charge in [0.2, 0.25) is 0 Å². The molecule has 1 unspecified atom stereocenters. The molecule has 1 amide bonds. The van der Waals surface area contributed by atoms with Gasteiger partial charge < -0.3 is 4.90 Å². The van der Waals surface area contributed by atoms with E-state index in [9.17, 15) is 13.2 Å². The summed E-state index contributed by atoms with van der Waals surface area (Å²) in [6.45, 7) is 2.11. The second-order valence-electron chi connectivity index (χ2n) is 6.35. The van der Waals surface area contributed by atoms with Crippen molar-refractivity contribution in [1.82, 2.24) is 4.90 Å². The molecule has 5 heteroatoms. The van der Waals surface area contributed by atoms with Crippen molar-refractivity contribution in [3.05, 3.63) is 29.8 Å². The lowest BCUT2D eigenvalue weighted by Gasteiger charge is -2.34. The van der Waals surface area contributed by atoms with E-state index in [1.807, 2.05) is 7.05 Å². The average Bonchev–Trinajstić information content (AvgIpc) is 2.53. The molecular formula is C17H25NO3S. The third-order valence-electron chi connectivity index (χ3n) is 4.79. The SMILES string of the molecule is CC(C1CCCCC1)N(C)C(=O)c1ccc(S(C)(=O)=O)cc1. The monoisotopic (exact) mass is 323 g/mol. The molecular weight excluding hydrogens is 298 g/mol. The Balaban J connectivity index is 2.09. The third-order valence-corrected chi connectivity index (χ3v) is 5.92. The van der Waals surface area contributed by atoms with Crippen LogP contribution in [0.15, 0.2) is 29.2 Å². The van der Waals surface area contributed by atoms with E-state index < -0.39 is 9.84 Å². The molecule has 0 aliphatic heterocycles. The Morgan fingerprint density at radius 3 is 2.18 bits per heavy atom. The lowest BCUT2D eigenvalue weighted by molar-refractivity contribution is 0.0665. The molecule has 1 aromatic carbocycles. The first-order chi connectivity index (χ1) is 10.3. The highest BCUT2D eigenvalue weighted by Crippen LogP contribution is 2.29. The van der Waals surface area contributed by atoms with E-state index in [0.717, 1.165) is 0 Å². The molecule has 1 saturated carbocycles. The lowest BCUT2D eigenvalue weighted by atomic mass is 9.84. The van der Waals surface area contributed by atoms with Crippen molar-refractivity contribution in [1.29, 1.82) is 0 Å². The topological polar surface area (TPSA) is 54.5 Å². The summed E-state index contributed by atoms with van der Waals surface area (Å²) in [7, 11) is -1.38. The lowest BCUT2D eigenvalue weighted by Crippen LogP contribution is -2.40. The minimum absolute atomic E-state index is 0.0434. The van der Waals surface area contributed by atoms with Crippen LogP contribution in [-0.4, -0.2) is 38.6 Å². The van der Waals surface area contributed by atoms with Gasteiger partial charge in [-0.1, -0.05) is 19.3 Å². The van der Waals surface area contributed by atoms with Crippen LogP contribution in [0.5, 0.6) is 0 Å². The van der Waals surface area contributed by atoms with Crippen LogP contribution < -0.4 is 0 Å². The molecule has 0 aromatic heterocycles. The van der Waals surface area contributed by atoms with Gasteiger partial charge in [-0.15, -0.1) is 0 Å². The van der Waals surface area contributed by atoms with Gasteiger partial charge in [-0.25, -0.2) is 8.42 Å². The zero-order valence-electron chi connectivity index (χ0n) is 13.6. The number of hydrogen-bond acceptors (Lipinski definition) is 3. The number of carbonyl (C=O) groups is 1. The van der Waals surface area contributed by atoms with E-state index in [1.54, 1.807) is 17.0 Å². The summed E-state index contributed by atoms with van der Waals surface area (Å²) in [6.07, 6.45) is 7.34. The Bertz CT molecular complexity index is 616. The number of hydrogen-bond donors (Lipinski definition) is 0. The van der Waals surface area contributed by atoms with Crippen LogP contribution in [0, 0.1) is 5.92 Å². The van der Waals surface area contributed by atoms with E-state index in [2.05, 4.69) is 6.92 Å². The number of sulfone groups is 1. The summed E-state index contributed by atoms with van der Waals surface area (Å²) >= 11 is 0. The first kappa shape index (κ1) is 17.0. The van der Waals surface area contributed by atoms with E-state index in [0.29, 0.717) is 11.5 Å². The number of benzene rings is 1. The maximum absolute atomic E-state index is 12.6. The molecule has 0 heterocycles. The third kappa shape index (κ3) is 3.88. The Kier molecular flexibility index (Phi) is 5.27. The number of amides is 1. The highest BCUT2D eigenvalue weighted by Gasteiger charge is 2.26. The Hall–Kier alpha value is -1.36. The molecule has 1 aromatic rings. The maximum Gasteiger partial charge on any atom is 0.253 e. The fourth-order valence-electron chi connectivity index (χ4n) is 3.17. The van der Waals surface area contributed by atoms with Crippen molar-refractivity contribution in [3.8, 4) is 0 Å². The predicted molar refractivity (Wildman–Crippen MR) is 87.7 cm³/mol. The van der Waals surface area contributed by atoms with Gasteiger partial charge in [-0.3, -0.25) is 4.79 Å². The summed E-state index contributed by atoms with van der Waals surface area (Å²) in [6, 6.07) is 6.41. The van der Waals surface area contributed by atoms with Crippen LogP contribution in [-0.2, 0) is 9.84 Å². The fourth-order valence-corrected chi connectivity index (χ4v) is 3.80. The highest BCUT2D eigenvalue weighted by molar-refractivity contribution is 7.90. The molecule has 0 spiro atoms. The summed E-state index contributed by atoms with van der Waals surface area (Å²) in [4.78, 5) is 14.6. The van der Waals surface area contributed by atoms with Crippen LogP contribution in [0.3, 0.4) is 0 Å². The van der Waals surface area contributed by atoms with Gasteiger partial charge in [0.1, 0.15) is 0 Å². The van der Waals surface area contributed by atoms with Crippen LogP contribution in [0.4, 0.5) is 0 Å².